The van der Waals surface area contributed by atoms with E-state index in [1.54, 1.807) is 0 Å². The minimum absolute atomic E-state index is 0.574. The fourth-order valence-electron chi connectivity index (χ4n) is 1.04. The van der Waals surface area contributed by atoms with Gasteiger partial charge in [-0.1, -0.05) is 0 Å². The van der Waals surface area contributed by atoms with Crippen molar-refractivity contribution in [3.05, 3.63) is 0 Å². The van der Waals surface area contributed by atoms with E-state index < -0.39 is 0 Å². The van der Waals surface area contributed by atoms with Gasteiger partial charge in [-0.15, -0.1) is 9.97 Å². The molecule has 1 rings (SSSR count). The number of hydrogen-bond donors (Lipinski definition) is 0. The van der Waals surface area contributed by atoms with Crippen LogP contribution in [0.15, 0.2) is 0 Å². The first-order valence-electron chi connectivity index (χ1n) is 5.14. The van der Waals surface area contributed by atoms with Crippen LogP contribution in [-0.2, 0) is 0 Å². The molecule has 0 aromatic carbocycles. The predicted molar refractivity (Wildman–Crippen MR) is 68.0 cm³/mol. The van der Waals surface area contributed by atoms with E-state index in [-0.39, 0.29) is 0 Å². The molecule has 0 N–H and O–H groups in total. The summed E-state index contributed by atoms with van der Waals surface area (Å²) < 4.78 is 0.574. The largest absolute Gasteiger partial charge is 0.347 e. The first kappa shape index (κ1) is 12.6. The molecule has 0 aliphatic carbocycles. The van der Waals surface area contributed by atoms with E-state index in [1.807, 2.05) is 59.1 Å². The lowest BCUT2D eigenvalue weighted by molar-refractivity contribution is 0.457. The SMILES string of the molecule is CN(C)c1nc(N(C)C)nc([N+](C)(C)C)n1. The molecule has 6 heteroatoms. The van der Waals surface area contributed by atoms with Crippen LogP contribution in [0.25, 0.3) is 0 Å². The van der Waals surface area contributed by atoms with Crippen molar-refractivity contribution in [1.82, 2.24) is 19.4 Å². The summed E-state index contributed by atoms with van der Waals surface area (Å²) in [7, 11) is 13.8. The zero-order valence-corrected chi connectivity index (χ0v) is 11.2. The van der Waals surface area contributed by atoms with E-state index in [2.05, 4.69) is 15.0 Å². The molecular formula is C10H21N6+. The summed E-state index contributed by atoms with van der Waals surface area (Å²) in [6, 6.07) is 0. The summed E-state index contributed by atoms with van der Waals surface area (Å²) in [5.41, 5.74) is 0. The topological polar surface area (TPSA) is 45.2 Å². The van der Waals surface area contributed by atoms with Gasteiger partial charge in [0, 0.05) is 28.2 Å². The first-order chi connectivity index (χ1) is 7.21. The van der Waals surface area contributed by atoms with Gasteiger partial charge in [0.2, 0.25) is 11.9 Å². The second-order valence-electron chi connectivity index (χ2n) is 5.04. The van der Waals surface area contributed by atoms with Crippen molar-refractivity contribution in [2.24, 2.45) is 0 Å². The maximum absolute atomic E-state index is 4.44. The van der Waals surface area contributed by atoms with E-state index in [4.69, 9.17) is 0 Å². The van der Waals surface area contributed by atoms with Crippen molar-refractivity contribution < 1.29 is 0 Å². The quantitative estimate of drug-likeness (QED) is 0.688. The zero-order chi connectivity index (χ0) is 12.5. The van der Waals surface area contributed by atoms with Gasteiger partial charge in [0.15, 0.2) is 0 Å². The number of hydrogen-bond acceptors (Lipinski definition) is 5. The van der Waals surface area contributed by atoms with Crippen LogP contribution < -0.4 is 14.3 Å². The molecule has 6 nitrogen and oxygen atoms in total. The second-order valence-corrected chi connectivity index (χ2v) is 5.04. The maximum Gasteiger partial charge on any atom is 0.334 e. The molecule has 1 heterocycles. The van der Waals surface area contributed by atoms with Crippen molar-refractivity contribution in [2.45, 2.75) is 0 Å². The van der Waals surface area contributed by atoms with Crippen LogP contribution in [0, 0.1) is 0 Å². The molecule has 1 aromatic heterocycles. The predicted octanol–water partition coefficient (Wildman–Crippen LogP) is 0.200. The Balaban J connectivity index is 3.30. The molecule has 0 amide bonds. The third kappa shape index (κ3) is 2.79. The molecule has 0 radical (unpaired) electrons. The molecule has 0 spiro atoms. The number of aromatic nitrogens is 3. The van der Waals surface area contributed by atoms with Gasteiger partial charge in [-0.2, -0.15) is 4.98 Å². The summed E-state index contributed by atoms with van der Waals surface area (Å²) in [6.45, 7) is 0. The van der Waals surface area contributed by atoms with Crippen molar-refractivity contribution in [3.63, 3.8) is 0 Å². The molecular weight excluding hydrogens is 204 g/mol. The van der Waals surface area contributed by atoms with Crippen molar-refractivity contribution in [1.29, 1.82) is 0 Å². The Bertz CT molecular complexity index is 340. The van der Waals surface area contributed by atoms with Crippen molar-refractivity contribution in [3.8, 4) is 0 Å². The molecule has 0 aliphatic rings. The van der Waals surface area contributed by atoms with Crippen LogP contribution in [0.4, 0.5) is 17.8 Å². The Morgan fingerprint density at radius 1 is 0.750 bits per heavy atom. The fourth-order valence-corrected chi connectivity index (χ4v) is 1.04. The Morgan fingerprint density at radius 3 is 1.38 bits per heavy atom. The van der Waals surface area contributed by atoms with Crippen LogP contribution in [-0.4, -0.2) is 64.3 Å². The van der Waals surface area contributed by atoms with Crippen LogP contribution in [0.2, 0.25) is 0 Å². The highest BCUT2D eigenvalue weighted by atomic mass is 15.4. The third-order valence-corrected chi connectivity index (χ3v) is 2.00. The van der Waals surface area contributed by atoms with Gasteiger partial charge in [-0.05, 0) is 0 Å². The smallest absolute Gasteiger partial charge is 0.334 e. The lowest BCUT2D eigenvalue weighted by atomic mass is 10.6. The average molecular weight is 225 g/mol. The Labute approximate surface area is 97.1 Å². The van der Waals surface area contributed by atoms with Gasteiger partial charge >= 0.3 is 5.95 Å². The molecule has 90 valence electrons. The summed E-state index contributed by atoms with van der Waals surface area (Å²) in [5.74, 6) is 2.12. The lowest BCUT2D eigenvalue weighted by Gasteiger charge is -2.23. The van der Waals surface area contributed by atoms with Crippen molar-refractivity contribution >= 4 is 17.8 Å². The van der Waals surface area contributed by atoms with E-state index in [0.717, 1.165) is 5.95 Å². The van der Waals surface area contributed by atoms with Crippen molar-refractivity contribution in [2.75, 3.05) is 59.1 Å². The highest BCUT2D eigenvalue weighted by Gasteiger charge is 2.20. The summed E-state index contributed by atoms with van der Waals surface area (Å²) in [4.78, 5) is 17.0. The van der Waals surface area contributed by atoms with E-state index in [0.29, 0.717) is 16.4 Å². The zero-order valence-electron chi connectivity index (χ0n) is 11.2. The summed E-state index contributed by atoms with van der Waals surface area (Å²) in [5, 5.41) is 0. The van der Waals surface area contributed by atoms with Gasteiger partial charge < -0.3 is 9.80 Å². The maximum atomic E-state index is 4.44. The molecule has 0 aliphatic heterocycles. The van der Waals surface area contributed by atoms with E-state index in [9.17, 15) is 0 Å². The third-order valence-electron chi connectivity index (χ3n) is 2.00. The van der Waals surface area contributed by atoms with Gasteiger partial charge in [-0.3, -0.25) is 4.48 Å². The Kier molecular flexibility index (Phi) is 3.32. The molecule has 1 aromatic rings. The normalized spacial score (nSPS) is 11.4. The molecule has 0 atom stereocenters. The van der Waals surface area contributed by atoms with E-state index >= 15 is 0 Å². The lowest BCUT2D eigenvalue weighted by Crippen LogP contribution is -2.37. The van der Waals surface area contributed by atoms with Gasteiger partial charge in [0.1, 0.15) is 0 Å². The minimum atomic E-state index is 0.574. The molecule has 16 heavy (non-hydrogen) atoms. The van der Waals surface area contributed by atoms with Gasteiger partial charge in [-0.25, -0.2) is 0 Å². The number of quaternary nitrogens is 1. The molecule has 0 saturated carbocycles. The van der Waals surface area contributed by atoms with E-state index in [1.165, 1.54) is 0 Å². The molecule has 0 bridgehead atoms. The Morgan fingerprint density at radius 2 is 1.12 bits per heavy atom. The van der Waals surface area contributed by atoms with Gasteiger partial charge in [0.05, 0.1) is 21.1 Å². The number of rotatable bonds is 3. The molecule has 0 fully saturated rings. The number of anilines is 2. The van der Waals surface area contributed by atoms with Crippen LogP contribution >= 0.6 is 0 Å². The highest BCUT2D eigenvalue weighted by Crippen LogP contribution is 2.17. The minimum Gasteiger partial charge on any atom is -0.347 e. The highest BCUT2D eigenvalue weighted by molar-refractivity contribution is 5.42. The molecule has 0 unspecified atom stereocenters. The second kappa shape index (κ2) is 4.21. The standard InChI is InChI=1S/C10H21N6/c1-14(2)8-11-9(15(3)4)13-10(12-8)16(5,6)7/h1-7H3/q+1. The fraction of sp³-hybridized carbons (Fsp3) is 0.700. The van der Waals surface area contributed by atoms with Crippen LogP contribution in [0.1, 0.15) is 0 Å². The average Bonchev–Trinajstić information content (AvgIpc) is 2.15. The van der Waals surface area contributed by atoms with Crippen LogP contribution in [0.3, 0.4) is 0 Å². The van der Waals surface area contributed by atoms with Gasteiger partial charge in [0.25, 0.3) is 0 Å². The Hall–Kier alpha value is -1.43. The van der Waals surface area contributed by atoms with Crippen LogP contribution in [0.5, 0.6) is 0 Å². The monoisotopic (exact) mass is 225 g/mol. The number of nitrogens with zero attached hydrogens (tertiary/aromatic N) is 6. The summed E-state index contributed by atoms with van der Waals surface area (Å²) >= 11 is 0. The molecule has 0 saturated heterocycles. The first-order valence-corrected chi connectivity index (χ1v) is 5.14. The summed E-state index contributed by atoms with van der Waals surface area (Å²) in [6.07, 6.45) is 0.